The molecule has 0 spiro atoms. The van der Waals surface area contributed by atoms with E-state index in [1.807, 2.05) is 31.2 Å². The molecule has 3 aliphatic rings. The molecule has 1 aromatic heterocycles. The molecular formula is C29H40N4O5S2. The third kappa shape index (κ3) is 7.18. The van der Waals surface area contributed by atoms with Gasteiger partial charge in [-0.3, -0.25) is 4.79 Å². The molecule has 1 saturated carbocycles. The van der Waals surface area contributed by atoms with Gasteiger partial charge in [0, 0.05) is 28.1 Å². The minimum atomic E-state index is -1.38. The van der Waals surface area contributed by atoms with E-state index < -0.39 is 35.9 Å². The Hall–Kier alpha value is -1.73. The molecule has 2 aliphatic heterocycles. The van der Waals surface area contributed by atoms with Gasteiger partial charge in [0.15, 0.2) is 0 Å². The van der Waals surface area contributed by atoms with Crippen LogP contribution in [0.2, 0.25) is 0 Å². The van der Waals surface area contributed by atoms with Gasteiger partial charge >= 0.3 is 0 Å². The number of nitrogens with one attached hydrogen (secondary N) is 2. The predicted octanol–water partition coefficient (Wildman–Crippen LogP) is 2.45. The summed E-state index contributed by atoms with van der Waals surface area (Å²) in [5.41, 5.74) is 1.20. The summed E-state index contributed by atoms with van der Waals surface area (Å²) in [6.45, 7) is 2.80. The minimum Gasteiger partial charge on any atom is -0.388 e. The summed E-state index contributed by atoms with van der Waals surface area (Å²) < 4.78 is 6.14. The topological polar surface area (TPSA) is 137 Å². The maximum Gasteiger partial charge on any atom is 0.237 e. The molecule has 1 amide bonds. The summed E-state index contributed by atoms with van der Waals surface area (Å²) in [7, 11) is 0. The molecule has 3 fully saturated rings. The van der Waals surface area contributed by atoms with Gasteiger partial charge in [-0.15, -0.1) is 23.5 Å². The number of nitrogens with zero attached hydrogens (tertiary/aromatic N) is 2. The lowest BCUT2D eigenvalue weighted by molar-refractivity contribution is -0.205. The third-order valence-electron chi connectivity index (χ3n) is 8.27. The lowest BCUT2D eigenvalue weighted by atomic mass is 9.87. The first kappa shape index (κ1) is 29.8. The van der Waals surface area contributed by atoms with Crippen molar-refractivity contribution in [3.8, 4) is 11.1 Å². The molecule has 9 nitrogen and oxygen atoms in total. The number of benzene rings is 1. The number of hydrogen-bond donors (Lipinski definition) is 5. The second-order valence-corrected chi connectivity index (χ2v) is 13.6. The number of aliphatic hydroxyl groups is 3. The van der Waals surface area contributed by atoms with E-state index in [2.05, 4.69) is 20.6 Å². The maximum absolute atomic E-state index is 13.6. The number of aliphatic hydroxyl groups excluding tert-OH is 3. The van der Waals surface area contributed by atoms with Crippen molar-refractivity contribution in [1.82, 2.24) is 20.6 Å². The van der Waals surface area contributed by atoms with Crippen LogP contribution < -0.4 is 10.6 Å². The minimum absolute atomic E-state index is 0.116. The number of amides is 1. The molecule has 1 aromatic carbocycles. The molecule has 0 radical (unpaired) electrons. The van der Waals surface area contributed by atoms with Crippen LogP contribution in [0.15, 0.2) is 47.9 Å². The third-order valence-corrected chi connectivity index (χ3v) is 10.3. The molecule has 3 heterocycles. The second-order valence-electron chi connectivity index (χ2n) is 11.3. The zero-order valence-electron chi connectivity index (χ0n) is 22.9. The first-order valence-corrected chi connectivity index (χ1v) is 16.3. The van der Waals surface area contributed by atoms with Gasteiger partial charge in [-0.1, -0.05) is 31.9 Å². The van der Waals surface area contributed by atoms with Crippen molar-refractivity contribution in [2.75, 3.05) is 12.8 Å². The fraction of sp³-hybridized carbons (Fsp3) is 0.621. The number of piperidine rings is 1. The lowest BCUT2D eigenvalue weighted by Crippen LogP contribution is -2.65. The summed E-state index contributed by atoms with van der Waals surface area (Å²) in [6.07, 6.45) is 7.65. The van der Waals surface area contributed by atoms with Crippen LogP contribution in [0, 0.1) is 11.8 Å². The Morgan fingerprint density at radius 1 is 1.05 bits per heavy atom. The summed E-state index contributed by atoms with van der Waals surface area (Å²) in [5.74, 6) is 1.24. The molecule has 5 rings (SSSR count). The summed E-state index contributed by atoms with van der Waals surface area (Å²) in [4.78, 5) is 22.8. The van der Waals surface area contributed by atoms with Crippen molar-refractivity contribution in [2.24, 2.45) is 11.8 Å². The van der Waals surface area contributed by atoms with Crippen LogP contribution in [0.1, 0.15) is 39.0 Å². The van der Waals surface area contributed by atoms with Gasteiger partial charge in [0.25, 0.3) is 0 Å². The monoisotopic (exact) mass is 588 g/mol. The van der Waals surface area contributed by atoms with Gasteiger partial charge in [0.05, 0.1) is 12.1 Å². The standard InChI is InChI=1S/C29H40N4O5S2/c1-16(40-21-7-5-19(6-8-21)20-13-30-15-31-14-20)23(27-25(35)24(34)26(36)29(38-27)39-2)33-28(37)22-12-18(9-10-32-22)11-17-3-4-17/h5-8,13-18,22-27,29,32,34-36H,3-4,9-12H2,1-2H3,(H,33,37)/t16-,18-,22-,23+,24-,25+,26+,27+,29+/m0/s1. The van der Waals surface area contributed by atoms with Crippen molar-refractivity contribution in [3.63, 3.8) is 0 Å². The fourth-order valence-corrected chi connectivity index (χ4v) is 7.57. The molecule has 1 aliphatic carbocycles. The van der Waals surface area contributed by atoms with Crippen molar-refractivity contribution >= 4 is 29.4 Å². The molecule has 0 bridgehead atoms. The SMILES string of the molecule is CS[C@H]1O[C@H]([C@H](NC(=O)[C@@H]2C[C@H](CC3CC3)CCN2)[C@H](C)Sc2ccc(-c3cncnc3)cc2)[C@H](O)[C@H](O)[C@H]1O. The highest BCUT2D eigenvalue weighted by Crippen LogP contribution is 2.39. The second kappa shape index (κ2) is 13.5. The van der Waals surface area contributed by atoms with Crippen LogP contribution in [0.5, 0.6) is 0 Å². The Labute approximate surface area is 244 Å². The van der Waals surface area contributed by atoms with Gasteiger partial charge in [-0.25, -0.2) is 9.97 Å². The average Bonchev–Trinajstić information content (AvgIpc) is 3.80. The van der Waals surface area contributed by atoms with Gasteiger partial charge < -0.3 is 30.7 Å². The van der Waals surface area contributed by atoms with E-state index >= 15 is 0 Å². The number of ether oxygens (including phenoxy) is 1. The number of carbonyl (C=O) groups is 1. The Morgan fingerprint density at radius 3 is 2.45 bits per heavy atom. The van der Waals surface area contributed by atoms with Crippen molar-refractivity contribution < 1.29 is 24.9 Å². The van der Waals surface area contributed by atoms with E-state index in [0.717, 1.165) is 41.3 Å². The Morgan fingerprint density at radius 2 is 1.77 bits per heavy atom. The van der Waals surface area contributed by atoms with Crippen molar-refractivity contribution in [3.05, 3.63) is 43.0 Å². The smallest absolute Gasteiger partial charge is 0.237 e. The van der Waals surface area contributed by atoms with Gasteiger partial charge in [-0.05, 0) is 61.6 Å². The highest BCUT2D eigenvalue weighted by Gasteiger charge is 2.48. The molecule has 2 saturated heterocycles. The van der Waals surface area contributed by atoms with Crippen LogP contribution >= 0.6 is 23.5 Å². The highest BCUT2D eigenvalue weighted by atomic mass is 32.2. The largest absolute Gasteiger partial charge is 0.388 e. The van der Waals surface area contributed by atoms with Crippen molar-refractivity contribution in [2.45, 2.75) is 91.1 Å². The van der Waals surface area contributed by atoms with Crippen molar-refractivity contribution in [1.29, 1.82) is 0 Å². The van der Waals surface area contributed by atoms with E-state index in [9.17, 15) is 20.1 Å². The van der Waals surface area contributed by atoms with Crippen LogP contribution in [0.3, 0.4) is 0 Å². The van der Waals surface area contributed by atoms with Crippen LogP contribution in [-0.4, -0.2) is 91.2 Å². The van der Waals surface area contributed by atoms with E-state index in [4.69, 9.17) is 4.74 Å². The molecule has 9 atom stereocenters. The van der Waals surface area contributed by atoms with Crippen LogP contribution in [0.25, 0.3) is 11.1 Å². The fourth-order valence-electron chi connectivity index (χ4n) is 5.79. The van der Waals surface area contributed by atoms with Gasteiger partial charge in [0.2, 0.25) is 5.91 Å². The molecule has 40 heavy (non-hydrogen) atoms. The Kier molecular flexibility index (Phi) is 10.0. The first-order chi connectivity index (χ1) is 19.3. The lowest BCUT2D eigenvalue weighted by Gasteiger charge is -2.45. The summed E-state index contributed by atoms with van der Waals surface area (Å²) >= 11 is 2.83. The maximum atomic E-state index is 13.6. The number of rotatable bonds is 10. The molecule has 5 N–H and O–H groups in total. The average molecular weight is 589 g/mol. The zero-order valence-corrected chi connectivity index (χ0v) is 24.6. The number of aromatic nitrogens is 2. The van der Waals surface area contributed by atoms with E-state index in [1.54, 1.807) is 30.4 Å². The summed E-state index contributed by atoms with van der Waals surface area (Å²) in [5, 5.41) is 38.4. The normalized spacial score (nSPS) is 32.3. The molecule has 0 unspecified atom stereocenters. The van der Waals surface area contributed by atoms with Gasteiger partial charge in [-0.2, -0.15) is 0 Å². The van der Waals surface area contributed by atoms with E-state index in [0.29, 0.717) is 5.92 Å². The Bertz CT molecular complexity index is 1110. The first-order valence-electron chi connectivity index (χ1n) is 14.1. The Balaban J connectivity index is 1.32. The van der Waals surface area contributed by atoms with Gasteiger partial charge in [0.1, 0.15) is 36.2 Å². The predicted molar refractivity (Wildman–Crippen MR) is 157 cm³/mol. The molecule has 218 valence electrons. The van der Waals surface area contributed by atoms with Crippen LogP contribution in [-0.2, 0) is 9.53 Å². The molecule has 11 heteroatoms. The van der Waals surface area contributed by atoms with Crippen LogP contribution in [0.4, 0.5) is 0 Å². The van der Waals surface area contributed by atoms with E-state index in [-0.39, 0.29) is 17.2 Å². The molecular weight excluding hydrogens is 548 g/mol. The number of hydrogen-bond acceptors (Lipinski definition) is 10. The number of carbonyl (C=O) groups excluding carboxylic acids is 1. The summed E-state index contributed by atoms with van der Waals surface area (Å²) in [6, 6.07) is 7.10. The quantitative estimate of drug-likeness (QED) is 0.263. The number of thioether (sulfide) groups is 2. The zero-order chi connectivity index (χ0) is 28.2. The molecule has 2 aromatic rings. The highest BCUT2D eigenvalue weighted by molar-refractivity contribution is 8.00. The van der Waals surface area contributed by atoms with E-state index in [1.165, 1.54) is 37.4 Å².